The van der Waals surface area contributed by atoms with E-state index in [0.29, 0.717) is 30.8 Å². The average molecular weight is 455 g/mol. The van der Waals surface area contributed by atoms with Gasteiger partial charge in [0.15, 0.2) is 5.69 Å². The molecule has 1 aromatic carbocycles. The maximum atomic E-state index is 12.7. The number of halogens is 3. The van der Waals surface area contributed by atoms with Crippen molar-refractivity contribution in [1.29, 1.82) is 0 Å². The second kappa shape index (κ2) is 7.47. The highest BCUT2D eigenvalue weighted by Crippen LogP contribution is 2.30. The summed E-state index contributed by atoms with van der Waals surface area (Å²) in [5.41, 5.74) is 2.29. The smallest absolute Gasteiger partial charge is 0.435 e. The molecule has 1 aliphatic heterocycles. The number of alkyl halides is 3. The van der Waals surface area contributed by atoms with Crippen molar-refractivity contribution in [3.05, 3.63) is 76.0 Å². The molecule has 8 nitrogen and oxygen atoms in total. The van der Waals surface area contributed by atoms with E-state index in [9.17, 15) is 27.9 Å². The molecule has 0 fully saturated rings. The Morgan fingerprint density at radius 2 is 1.91 bits per heavy atom. The van der Waals surface area contributed by atoms with Crippen molar-refractivity contribution in [2.75, 3.05) is 6.54 Å². The monoisotopic (exact) mass is 455 g/mol. The Kier molecular flexibility index (Phi) is 4.69. The molecule has 0 unspecified atom stereocenters. The number of H-pyrrole nitrogens is 1. The molecule has 0 bridgehead atoms. The van der Waals surface area contributed by atoms with Crippen LogP contribution in [-0.4, -0.2) is 42.4 Å². The molecule has 4 heterocycles. The maximum absolute atomic E-state index is 12.7. The summed E-state index contributed by atoms with van der Waals surface area (Å²) in [7, 11) is 0. The molecule has 2 N–H and O–H groups in total. The fourth-order valence-electron chi connectivity index (χ4n) is 4.01. The van der Waals surface area contributed by atoms with Crippen LogP contribution in [0.25, 0.3) is 27.8 Å². The third-order valence-corrected chi connectivity index (χ3v) is 5.68. The van der Waals surface area contributed by atoms with Crippen molar-refractivity contribution in [2.24, 2.45) is 0 Å². The fourth-order valence-corrected chi connectivity index (χ4v) is 4.01. The molecule has 168 valence electrons. The lowest BCUT2D eigenvalue weighted by Gasteiger charge is -2.24. The fraction of sp³-hybridized carbons (Fsp3) is 0.182. The number of amides is 1. The highest BCUT2D eigenvalue weighted by molar-refractivity contribution is 5.87. The number of pyridine rings is 1. The van der Waals surface area contributed by atoms with Crippen LogP contribution in [0.2, 0.25) is 0 Å². The van der Waals surface area contributed by atoms with Crippen molar-refractivity contribution in [2.45, 2.75) is 19.1 Å². The summed E-state index contributed by atoms with van der Waals surface area (Å²) in [4.78, 5) is 28.7. The summed E-state index contributed by atoms with van der Waals surface area (Å²) in [6.07, 6.45) is -3.45. The van der Waals surface area contributed by atoms with Gasteiger partial charge in [0.05, 0.1) is 17.9 Å². The maximum Gasteiger partial charge on any atom is 0.435 e. The van der Waals surface area contributed by atoms with E-state index in [1.54, 1.807) is 18.2 Å². The van der Waals surface area contributed by atoms with Crippen LogP contribution in [0.5, 0.6) is 0 Å². The van der Waals surface area contributed by atoms with E-state index < -0.39 is 18.0 Å². The second-order valence-corrected chi connectivity index (χ2v) is 7.69. The van der Waals surface area contributed by atoms with Crippen LogP contribution in [0.4, 0.5) is 18.0 Å². The predicted molar refractivity (Wildman–Crippen MR) is 112 cm³/mol. The number of rotatable bonds is 2. The van der Waals surface area contributed by atoms with E-state index in [2.05, 4.69) is 15.2 Å². The SMILES string of the molecule is O=C(O)N1CCc2[nH]c3cc(-n4ccc(-c5ccc(C(F)(F)F)nn5)cc4=O)ccc3c2C1. The number of fused-ring (bicyclic) bond motifs is 3. The number of aromatic nitrogens is 4. The minimum Gasteiger partial charge on any atom is -0.465 e. The molecule has 0 spiro atoms. The number of carboxylic acid groups (broad SMARTS) is 1. The van der Waals surface area contributed by atoms with Crippen LogP contribution in [0.15, 0.2) is 53.5 Å². The zero-order valence-electron chi connectivity index (χ0n) is 16.9. The number of nitrogens with one attached hydrogen (secondary N) is 1. The van der Waals surface area contributed by atoms with Crippen LogP contribution in [0, 0.1) is 0 Å². The van der Waals surface area contributed by atoms with E-state index in [-0.39, 0.29) is 11.3 Å². The first-order chi connectivity index (χ1) is 15.7. The number of hydrogen-bond acceptors (Lipinski definition) is 4. The van der Waals surface area contributed by atoms with Crippen molar-refractivity contribution in [3.8, 4) is 16.9 Å². The third kappa shape index (κ3) is 3.71. The van der Waals surface area contributed by atoms with E-state index >= 15 is 0 Å². The number of aromatic amines is 1. The van der Waals surface area contributed by atoms with Crippen molar-refractivity contribution in [1.82, 2.24) is 24.6 Å². The number of nitrogens with zero attached hydrogens (tertiary/aromatic N) is 4. The Balaban J connectivity index is 1.47. The first kappa shape index (κ1) is 20.7. The van der Waals surface area contributed by atoms with Crippen molar-refractivity contribution in [3.63, 3.8) is 0 Å². The normalized spacial score (nSPS) is 13.8. The Labute approximate surface area is 183 Å². The second-order valence-electron chi connectivity index (χ2n) is 7.69. The minimum atomic E-state index is -4.59. The number of benzene rings is 1. The van der Waals surface area contributed by atoms with Gasteiger partial charge in [-0.25, -0.2) is 4.79 Å². The van der Waals surface area contributed by atoms with Gasteiger partial charge >= 0.3 is 12.3 Å². The average Bonchev–Trinajstić information content (AvgIpc) is 3.15. The lowest BCUT2D eigenvalue weighted by Crippen LogP contribution is -2.34. The van der Waals surface area contributed by atoms with Crippen LogP contribution in [-0.2, 0) is 19.1 Å². The Bertz CT molecular complexity index is 1440. The zero-order chi connectivity index (χ0) is 23.3. The van der Waals surface area contributed by atoms with Gasteiger partial charge in [-0.15, -0.1) is 10.2 Å². The molecule has 1 aliphatic rings. The van der Waals surface area contributed by atoms with Gasteiger partial charge in [0.25, 0.3) is 5.56 Å². The molecule has 0 radical (unpaired) electrons. The minimum absolute atomic E-state index is 0.155. The molecular weight excluding hydrogens is 439 g/mol. The highest BCUT2D eigenvalue weighted by atomic mass is 19.4. The molecule has 0 saturated carbocycles. The van der Waals surface area contributed by atoms with Gasteiger partial charge in [-0.3, -0.25) is 9.36 Å². The Morgan fingerprint density at radius 1 is 1.09 bits per heavy atom. The van der Waals surface area contributed by atoms with E-state index in [0.717, 1.165) is 28.2 Å². The van der Waals surface area contributed by atoms with Crippen LogP contribution >= 0.6 is 0 Å². The first-order valence-corrected chi connectivity index (χ1v) is 9.96. The summed E-state index contributed by atoms with van der Waals surface area (Å²) in [5, 5.41) is 16.9. The van der Waals surface area contributed by atoms with Gasteiger partial charge in [0.2, 0.25) is 0 Å². The first-order valence-electron chi connectivity index (χ1n) is 9.96. The lowest BCUT2D eigenvalue weighted by molar-refractivity contribution is -0.141. The molecule has 5 rings (SSSR count). The van der Waals surface area contributed by atoms with Crippen molar-refractivity contribution < 1.29 is 23.1 Å². The highest BCUT2D eigenvalue weighted by Gasteiger charge is 2.33. The van der Waals surface area contributed by atoms with E-state index in [4.69, 9.17) is 0 Å². The molecule has 33 heavy (non-hydrogen) atoms. The molecular formula is C22H16F3N5O3. The molecule has 0 atom stereocenters. The lowest BCUT2D eigenvalue weighted by atomic mass is 10.0. The van der Waals surface area contributed by atoms with Gasteiger partial charge in [-0.1, -0.05) is 6.07 Å². The van der Waals surface area contributed by atoms with Gasteiger partial charge < -0.3 is 15.0 Å². The van der Waals surface area contributed by atoms with Gasteiger partial charge in [-0.2, -0.15) is 13.2 Å². The topological polar surface area (TPSA) is 104 Å². The van der Waals surface area contributed by atoms with Crippen LogP contribution in [0.1, 0.15) is 17.0 Å². The van der Waals surface area contributed by atoms with Crippen LogP contribution in [0.3, 0.4) is 0 Å². The molecule has 11 heteroatoms. The number of carbonyl (C=O) groups is 1. The molecule has 1 amide bonds. The summed E-state index contributed by atoms with van der Waals surface area (Å²) in [6.45, 7) is 0.711. The Morgan fingerprint density at radius 3 is 2.58 bits per heavy atom. The van der Waals surface area contributed by atoms with Crippen molar-refractivity contribution >= 4 is 17.0 Å². The van der Waals surface area contributed by atoms with E-state index in [1.165, 1.54) is 27.8 Å². The summed E-state index contributed by atoms with van der Waals surface area (Å²) < 4.78 is 39.4. The van der Waals surface area contributed by atoms with Gasteiger partial charge in [-0.05, 0) is 30.3 Å². The van der Waals surface area contributed by atoms with Gasteiger partial charge in [0.1, 0.15) is 0 Å². The molecule has 4 aromatic rings. The standard InChI is InChI=1S/C22H16F3N5O3/c23-22(24,25)19-4-3-16(27-28-19)12-5-8-30(20(31)9-12)13-1-2-14-15-11-29(21(32)33)7-6-17(15)26-18(14)10-13/h1-5,8-10,26H,6-7,11H2,(H,32,33). The summed E-state index contributed by atoms with van der Waals surface area (Å²) in [5.74, 6) is 0. The van der Waals surface area contributed by atoms with Gasteiger partial charge in [0, 0.05) is 53.0 Å². The largest absolute Gasteiger partial charge is 0.465 e. The molecule has 3 aromatic heterocycles. The van der Waals surface area contributed by atoms with E-state index in [1.807, 2.05) is 6.07 Å². The predicted octanol–water partition coefficient (Wildman–Crippen LogP) is 3.83. The molecule has 0 aliphatic carbocycles. The molecule has 0 saturated heterocycles. The van der Waals surface area contributed by atoms with Crippen LogP contribution < -0.4 is 5.56 Å². The third-order valence-electron chi connectivity index (χ3n) is 5.68. The quantitative estimate of drug-likeness (QED) is 0.478. The Hall–Kier alpha value is -4.15. The summed E-state index contributed by atoms with van der Waals surface area (Å²) in [6, 6.07) is 10.3. The zero-order valence-corrected chi connectivity index (χ0v) is 16.9. The summed E-state index contributed by atoms with van der Waals surface area (Å²) >= 11 is 0. The number of hydrogen-bond donors (Lipinski definition) is 2.